The number of hydrogen-bond donors (Lipinski definition) is 1. The van der Waals surface area contributed by atoms with Crippen molar-refractivity contribution in [3.05, 3.63) is 12.1 Å². The van der Waals surface area contributed by atoms with Crippen molar-refractivity contribution in [1.82, 2.24) is 30.2 Å². The molecule has 3 heterocycles. The molecule has 2 aromatic rings. The first-order valence-corrected chi connectivity index (χ1v) is 7.64. The van der Waals surface area contributed by atoms with E-state index in [1.54, 1.807) is 0 Å². The highest BCUT2D eigenvalue weighted by atomic mass is 16.5. The average molecular weight is 305 g/mol. The highest BCUT2D eigenvalue weighted by molar-refractivity contribution is 5.42. The van der Waals surface area contributed by atoms with Crippen LogP contribution in [-0.2, 0) is 4.74 Å². The van der Waals surface area contributed by atoms with Gasteiger partial charge in [0, 0.05) is 25.2 Å². The number of fused-ring (bicyclic) bond motifs is 1. The minimum Gasteiger partial charge on any atom is -0.373 e. The fourth-order valence-electron chi connectivity index (χ4n) is 2.83. The van der Waals surface area contributed by atoms with E-state index >= 15 is 0 Å². The fourth-order valence-corrected chi connectivity index (χ4v) is 2.83. The zero-order valence-corrected chi connectivity index (χ0v) is 13.5. The second-order valence-corrected chi connectivity index (χ2v) is 6.57. The summed E-state index contributed by atoms with van der Waals surface area (Å²) in [6.45, 7) is 11.4. The number of ether oxygens (including phenoxy) is 1. The summed E-state index contributed by atoms with van der Waals surface area (Å²) in [5.41, 5.74) is 0.643. The normalized spacial score (nSPS) is 23.8. The molecule has 8 heteroatoms. The number of nitrogens with one attached hydrogen (secondary N) is 1. The second kappa shape index (κ2) is 5.77. The molecule has 1 aliphatic heterocycles. The van der Waals surface area contributed by atoms with Gasteiger partial charge in [0.05, 0.1) is 12.2 Å². The van der Waals surface area contributed by atoms with Crippen molar-refractivity contribution in [1.29, 1.82) is 0 Å². The highest BCUT2D eigenvalue weighted by Gasteiger charge is 2.33. The van der Waals surface area contributed by atoms with Crippen LogP contribution in [0.4, 0.5) is 5.82 Å². The Hall–Kier alpha value is -1.80. The molecule has 8 nitrogen and oxygen atoms in total. The zero-order valence-electron chi connectivity index (χ0n) is 13.5. The number of aromatic nitrogens is 5. The Balaban J connectivity index is 1.65. The Labute approximate surface area is 129 Å². The van der Waals surface area contributed by atoms with Gasteiger partial charge in [0.25, 0.3) is 0 Å². The molecule has 0 aromatic carbocycles. The molecule has 0 spiro atoms. The molecule has 2 aromatic heterocycles. The van der Waals surface area contributed by atoms with E-state index in [4.69, 9.17) is 4.74 Å². The van der Waals surface area contributed by atoms with Gasteiger partial charge in [-0.25, -0.2) is 0 Å². The van der Waals surface area contributed by atoms with Crippen molar-refractivity contribution in [2.45, 2.75) is 45.4 Å². The van der Waals surface area contributed by atoms with Crippen molar-refractivity contribution >= 4 is 11.5 Å². The Morgan fingerprint density at radius 3 is 2.73 bits per heavy atom. The number of anilines is 1. The summed E-state index contributed by atoms with van der Waals surface area (Å²) in [6, 6.07) is 3.74. The van der Waals surface area contributed by atoms with E-state index in [1.807, 2.05) is 12.1 Å². The van der Waals surface area contributed by atoms with E-state index < -0.39 is 0 Å². The van der Waals surface area contributed by atoms with Gasteiger partial charge in [-0.3, -0.25) is 4.90 Å². The molecule has 0 aliphatic carbocycles. The van der Waals surface area contributed by atoms with Gasteiger partial charge < -0.3 is 10.1 Å². The lowest BCUT2D eigenvalue weighted by Crippen LogP contribution is -2.57. The van der Waals surface area contributed by atoms with Crippen molar-refractivity contribution in [3.8, 4) is 0 Å². The fraction of sp³-hybridized carbons (Fsp3) is 0.714. The van der Waals surface area contributed by atoms with E-state index in [9.17, 15) is 0 Å². The first kappa shape index (κ1) is 15.1. The molecular weight excluding hydrogens is 282 g/mol. The predicted molar refractivity (Wildman–Crippen MR) is 82.7 cm³/mol. The van der Waals surface area contributed by atoms with Crippen LogP contribution in [0.1, 0.15) is 27.7 Å². The average Bonchev–Trinajstić information content (AvgIpc) is 2.91. The van der Waals surface area contributed by atoms with E-state index in [2.05, 4.69) is 58.5 Å². The molecule has 1 N–H and O–H groups in total. The summed E-state index contributed by atoms with van der Waals surface area (Å²) in [4.78, 5) is 2.47. The Morgan fingerprint density at radius 1 is 1.27 bits per heavy atom. The number of tetrazole rings is 1. The van der Waals surface area contributed by atoms with Gasteiger partial charge in [-0.05, 0) is 50.3 Å². The third kappa shape index (κ3) is 3.17. The predicted octanol–water partition coefficient (Wildman–Crippen LogP) is 0.819. The standard InChI is InChI=1S/C14H23N7O/c1-10-7-20(8-11(2)22-10)14(3,4)9-15-12-5-6-13-16-18-19-21(13)17-12/h5-6,10-11H,7-9H2,1-4H3,(H,15,17)/t10-,11+. The van der Waals surface area contributed by atoms with Crippen LogP contribution in [0.15, 0.2) is 12.1 Å². The number of rotatable bonds is 4. The molecule has 0 unspecified atom stereocenters. The molecule has 120 valence electrons. The van der Waals surface area contributed by atoms with Crippen molar-refractivity contribution in [2.75, 3.05) is 25.0 Å². The van der Waals surface area contributed by atoms with Crippen LogP contribution < -0.4 is 5.32 Å². The number of hydrogen-bond acceptors (Lipinski definition) is 7. The third-order valence-corrected chi connectivity index (χ3v) is 4.05. The van der Waals surface area contributed by atoms with Gasteiger partial charge in [-0.2, -0.15) is 0 Å². The van der Waals surface area contributed by atoms with Gasteiger partial charge in [0.1, 0.15) is 5.82 Å². The summed E-state index contributed by atoms with van der Waals surface area (Å²) in [6.07, 6.45) is 0.525. The Bertz CT molecular complexity index is 631. The summed E-state index contributed by atoms with van der Waals surface area (Å²) in [5.74, 6) is 0.766. The summed E-state index contributed by atoms with van der Waals surface area (Å²) >= 11 is 0. The van der Waals surface area contributed by atoms with Crippen LogP contribution in [0.5, 0.6) is 0 Å². The van der Waals surface area contributed by atoms with E-state index in [0.29, 0.717) is 5.65 Å². The SMILES string of the molecule is C[C@@H]1CN(C(C)(C)CNc2ccc3nnnn3n2)C[C@H](C)O1. The zero-order chi connectivity index (χ0) is 15.7. The molecule has 0 amide bonds. The molecule has 0 bridgehead atoms. The topological polar surface area (TPSA) is 80.5 Å². The first-order valence-electron chi connectivity index (χ1n) is 7.64. The molecule has 0 radical (unpaired) electrons. The van der Waals surface area contributed by atoms with Gasteiger partial charge in [-0.15, -0.1) is 14.8 Å². The summed E-state index contributed by atoms with van der Waals surface area (Å²) in [7, 11) is 0. The Kier molecular flexibility index (Phi) is 3.96. The van der Waals surface area contributed by atoms with Crippen LogP contribution in [0.3, 0.4) is 0 Å². The van der Waals surface area contributed by atoms with Crippen LogP contribution >= 0.6 is 0 Å². The minimum absolute atomic E-state index is 0.00353. The molecule has 0 saturated carbocycles. The lowest BCUT2D eigenvalue weighted by atomic mass is 10.00. The smallest absolute Gasteiger partial charge is 0.200 e. The maximum Gasteiger partial charge on any atom is 0.200 e. The van der Waals surface area contributed by atoms with E-state index in [0.717, 1.165) is 25.5 Å². The third-order valence-electron chi connectivity index (χ3n) is 4.05. The maximum absolute atomic E-state index is 5.81. The molecule has 22 heavy (non-hydrogen) atoms. The second-order valence-electron chi connectivity index (χ2n) is 6.57. The lowest BCUT2D eigenvalue weighted by Gasteiger charge is -2.45. The van der Waals surface area contributed by atoms with Crippen molar-refractivity contribution in [2.24, 2.45) is 0 Å². The van der Waals surface area contributed by atoms with Gasteiger partial charge >= 0.3 is 0 Å². The maximum atomic E-state index is 5.81. The minimum atomic E-state index is 0.00353. The monoisotopic (exact) mass is 305 g/mol. The Morgan fingerprint density at radius 2 is 2.00 bits per heavy atom. The van der Waals surface area contributed by atoms with Crippen molar-refractivity contribution < 1.29 is 4.74 Å². The molecule has 2 atom stereocenters. The number of morpholine rings is 1. The van der Waals surface area contributed by atoms with Gasteiger partial charge in [-0.1, -0.05) is 0 Å². The van der Waals surface area contributed by atoms with Crippen LogP contribution in [0.2, 0.25) is 0 Å². The van der Waals surface area contributed by atoms with E-state index in [-0.39, 0.29) is 17.7 Å². The lowest BCUT2D eigenvalue weighted by molar-refractivity contribution is -0.0933. The molecular formula is C14H23N7O. The van der Waals surface area contributed by atoms with Crippen LogP contribution in [-0.4, -0.2) is 67.5 Å². The van der Waals surface area contributed by atoms with E-state index in [1.165, 1.54) is 4.63 Å². The van der Waals surface area contributed by atoms with Gasteiger partial charge in [0.15, 0.2) is 5.65 Å². The summed E-state index contributed by atoms with van der Waals surface area (Å²) in [5, 5.41) is 19.0. The van der Waals surface area contributed by atoms with Crippen LogP contribution in [0.25, 0.3) is 5.65 Å². The molecule has 1 aliphatic rings. The highest BCUT2D eigenvalue weighted by Crippen LogP contribution is 2.21. The van der Waals surface area contributed by atoms with Crippen molar-refractivity contribution in [3.63, 3.8) is 0 Å². The summed E-state index contributed by atoms with van der Waals surface area (Å²) < 4.78 is 7.24. The molecule has 1 fully saturated rings. The number of nitrogens with zero attached hydrogens (tertiary/aromatic N) is 6. The molecule has 1 saturated heterocycles. The first-order chi connectivity index (χ1) is 10.4. The van der Waals surface area contributed by atoms with Gasteiger partial charge in [0.2, 0.25) is 0 Å². The largest absolute Gasteiger partial charge is 0.373 e. The molecule has 3 rings (SSSR count). The van der Waals surface area contributed by atoms with Crippen LogP contribution in [0, 0.1) is 0 Å². The quantitative estimate of drug-likeness (QED) is 0.895.